The highest BCUT2D eigenvalue weighted by molar-refractivity contribution is 5.60. The van der Waals surface area contributed by atoms with Gasteiger partial charge in [-0.15, -0.1) is 0 Å². The lowest BCUT2D eigenvalue weighted by Crippen LogP contribution is -2.22. The first-order valence-electron chi connectivity index (χ1n) is 6.82. The van der Waals surface area contributed by atoms with Crippen molar-refractivity contribution in [3.05, 3.63) is 42.7 Å². The van der Waals surface area contributed by atoms with E-state index in [0.717, 1.165) is 24.5 Å². The van der Waals surface area contributed by atoms with E-state index < -0.39 is 0 Å². The molecule has 0 fully saturated rings. The Morgan fingerprint density at radius 2 is 2.00 bits per heavy atom. The average Bonchev–Trinajstić information content (AvgIpc) is 2.50. The van der Waals surface area contributed by atoms with Crippen molar-refractivity contribution in [3.8, 4) is 5.88 Å². The second-order valence-corrected chi connectivity index (χ2v) is 4.28. The third-order valence-corrected chi connectivity index (χ3v) is 2.85. The lowest BCUT2D eigenvalue weighted by molar-refractivity contribution is 0.326. The van der Waals surface area contributed by atoms with Crippen molar-refractivity contribution in [1.82, 2.24) is 9.97 Å². The van der Waals surface area contributed by atoms with Crippen LogP contribution in [0.15, 0.2) is 42.7 Å². The number of hydrogen-bond acceptors (Lipinski definition) is 5. The number of ether oxygens (including phenoxy) is 1. The topological polar surface area (TPSA) is 64.3 Å². The van der Waals surface area contributed by atoms with Crippen LogP contribution >= 0.6 is 0 Å². The van der Waals surface area contributed by atoms with Gasteiger partial charge in [0, 0.05) is 18.3 Å². The van der Waals surface area contributed by atoms with Crippen molar-refractivity contribution in [2.24, 2.45) is 5.73 Å². The molecule has 1 aromatic carbocycles. The second kappa shape index (κ2) is 7.45. The van der Waals surface area contributed by atoms with Crippen LogP contribution in [0, 0.1) is 0 Å². The number of aromatic nitrogens is 2. The predicted octanol–water partition coefficient (Wildman–Crippen LogP) is 2.36. The van der Waals surface area contributed by atoms with Crippen molar-refractivity contribution in [1.29, 1.82) is 0 Å². The monoisotopic (exact) mass is 272 g/mol. The van der Waals surface area contributed by atoms with E-state index in [-0.39, 0.29) is 0 Å². The minimum Gasteiger partial charge on any atom is -0.478 e. The van der Waals surface area contributed by atoms with Gasteiger partial charge in [0.15, 0.2) is 0 Å². The number of benzene rings is 1. The zero-order valence-corrected chi connectivity index (χ0v) is 11.7. The molecule has 2 N–H and O–H groups in total. The fourth-order valence-electron chi connectivity index (χ4n) is 1.94. The molecule has 0 unspecified atom stereocenters. The quantitative estimate of drug-likeness (QED) is 0.838. The Balaban J connectivity index is 2.28. The summed E-state index contributed by atoms with van der Waals surface area (Å²) in [5.41, 5.74) is 6.71. The number of rotatable bonds is 7. The second-order valence-electron chi connectivity index (χ2n) is 4.28. The summed E-state index contributed by atoms with van der Waals surface area (Å²) < 4.78 is 5.43. The molecule has 5 nitrogen and oxygen atoms in total. The SMILES string of the molecule is CCOc1cc(N(CCCN)c2ccccc2)ncn1. The molecular weight excluding hydrogens is 252 g/mol. The summed E-state index contributed by atoms with van der Waals surface area (Å²) in [5, 5.41) is 0. The minimum absolute atomic E-state index is 0.588. The molecule has 5 heteroatoms. The van der Waals surface area contributed by atoms with Gasteiger partial charge in [0.05, 0.1) is 6.61 Å². The van der Waals surface area contributed by atoms with Gasteiger partial charge in [-0.3, -0.25) is 0 Å². The molecule has 0 saturated carbocycles. The highest BCUT2D eigenvalue weighted by atomic mass is 16.5. The summed E-state index contributed by atoms with van der Waals surface area (Å²) in [6.07, 6.45) is 2.42. The Bertz CT molecular complexity index is 518. The van der Waals surface area contributed by atoms with E-state index >= 15 is 0 Å². The van der Waals surface area contributed by atoms with E-state index in [1.165, 1.54) is 6.33 Å². The van der Waals surface area contributed by atoms with Crippen LogP contribution < -0.4 is 15.4 Å². The van der Waals surface area contributed by atoms with Crippen LogP contribution in [0.25, 0.3) is 0 Å². The molecule has 0 radical (unpaired) electrons. The number of para-hydroxylation sites is 1. The molecule has 106 valence electrons. The molecule has 1 aromatic heterocycles. The van der Waals surface area contributed by atoms with E-state index in [0.29, 0.717) is 19.0 Å². The lowest BCUT2D eigenvalue weighted by Gasteiger charge is -2.23. The molecule has 2 rings (SSSR count). The fourth-order valence-corrected chi connectivity index (χ4v) is 1.94. The van der Waals surface area contributed by atoms with Gasteiger partial charge >= 0.3 is 0 Å². The summed E-state index contributed by atoms with van der Waals surface area (Å²) in [7, 11) is 0. The summed E-state index contributed by atoms with van der Waals surface area (Å²) in [6, 6.07) is 12.0. The molecule has 0 amide bonds. The van der Waals surface area contributed by atoms with E-state index in [9.17, 15) is 0 Å². The zero-order valence-electron chi connectivity index (χ0n) is 11.7. The van der Waals surface area contributed by atoms with Gasteiger partial charge in [0.25, 0.3) is 0 Å². The smallest absolute Gasteiger partial charge is 0.218 e. The van der Waals surface area contributed by atoms with Crippen molar-refractivity contribution >= 4 is 11.5 Å². The van der Waals surface area contributed by atoms with Gasteiger partial charge in [-0.05, 0) is 32.0 Å². The van der Waals surface area contributed by atoms with Crippen molar-refractivity contribution in [2.45, 2.75) is 13.3 Å². The fraction of sp³-hybridized carbons (Fsp3) is 0.333. The molecule has 0 aliphatic rings. The van der Waals surface area contributed by atoms with Crippen LogP contribution in [0.1, 0.15) is 13.3 Å². The Morgan fingerprint density at radius 1 is 1.20 bits per heavy atom. The largest absolute Gasteiger partial charge is 0.478 e. The van der Waals surface area contributed by atoms with Gasteiger partial charge in [0.1, 0.15) is 12.1 Å². The molecular formula is C15H20N4O. The van der Waals surface area contributed by atoms with Crippen molar-refractivity contribution in [3.63, 3.8) is 0 Å². The third-order valence-electron chi connectivity index (χ3n) is 2.85. The standard InChI is InChI=1S/C15H20N4O/c1-2-20-15-11-14(17-12-18-15)19(10-6-9-16)13-7-4-3-5-8-13/h3-5,7-8,11-12H,2,6,9-10,16H2,1H3. The Labute approximate surface area is 119 Å². The maximum atomic E-state index is 5.63. The number of anilines is 2. The molecule has 0 spiro atoms. The normalized spacial score (nSPS) is 10.3. The van der Waals surface area contributed by atoms with Crippen LogP contribution in [0.5, 0.6) is 5.88 Å². The Kier molecular flexibility index (Phi) is 5.32. The van der Waals surface area contributed by atoms with Crippen LogP contribution in [-0.2, 0) is 0 Å². The van der Waals surface area contributed by atoms with Crippen LogP contribution in [0.2, 0.25) is 0 Å². The van der Waals surface area contributed by atoms with E-state index in [1.54, 1.807) is 0 Å². The van der Waals surface area contributed by atoms with Crippen LogP contribution in [0.4, 0.5) is 11.5 Å². The predicted molar refractivity (Wildman–Crippen MR) is 80.3 cm³/mol. The Morgan fingerprint density at radius 3 is 2.70 bits per heavy atom. The van der Waals surface area contributed by atoms with E-state index in [4.69, 9.17) is 10.5 Å². The summed E-state index contributed by atoms with van der Waals surface area (Å²) in [6.45, 7) is 3.98. The highest BCUT2D eigenvalue weighted by Crippen LogP contribution is 2.25. The summed E-state index contributed by atoms with van der Waals surface area (Å²) in [5.74, 6) is 1.41. The molecule has 1 heterocycles. The van der Waals surface area contributed by atoms with Gasteiger partial charge < -0.3 is 15.4 Å². The van der Waals surface area contributed by atoms with Crippen LogP contribution in [-0.4, -0.2) is 29.7 Å². The number of nitrogens with zero attached hydrogens (tertiary/aromatic N) is 3. The average molecular weight is 272 g/mol. The first-order valence-corrected chi connectivity index (χ1v) is 6.82. The maximum Gasteiger partial charge on any atom is 0.218 e. The maximum absolute atomic E-state index is 5.63. The van der Waals surface area contributed by atoms with Crippen molar-refractivity contribution < 1.29 is 4.74 Å². The zero-order chi connectivity index (χ0) is 14.2. The molecule has 20 heavy (non-hydrogen) atoms. The molecule has 0 saturated heterocycles. The molecule has 0 atom stereocenters. The summed E-state index contributed by atoms with van der Waals surface area (Å²) in [4.78, 5) is 10.6. The molecule has 0 aliphatic heterocycles. The third kappa shape index (κ3) is 3.68. The van der Waals surface area contributed by atoms with Gasteiger partial charge in [-0.1, -0.05) is 18.2 Å². The molecule has 2 aromatic rings. The van der Waals surface area contributed by atoms with Crippen LogP contribution in [0.3, 0.4) is 0 Å². The van der Waals surface area contributed by atoms with E-state index in [1.807, 2.05) is 31.2 Å². The first kappa shape index (κ1) is 14.3. The highest BCUT2D eigenvalue weighted by Gasteiger charge is 2.11. The Hall–Kier alpha value is -2.14. The number of nitrogens with two attached hydrogens (primary N) is 1. The molecule has 0 aliphatic carbocycles. The van der Waals surface area contributed by atoms with Gasteiger partial charge in [-0.2, -0.15) is 0 Å². The van der Waals surface area contributed by atoms with Gasteiger partial charge in [0.2, 0.25) is 5.88 Å². The number of hydrogen-bond donors (Lipinski definition) is 1. The summed E-state index contributed by atoms with van der Waals surface area (Å²) >= 11 is 0. The lowest BCUT2D eigenvalue weighted by atomic mass is 10.2. The van der Waals surface area contributed by atoms with E-state index in [2.05, 4.69) is 27.0 Å². The minimum atomic E-state index is 0.588. The molecule has 0 bridgehead atoms. The van der Waals surface area contributed by atoms with Crippen molar-refractivity contribution in [2.75, 3.05) is 24.6 Å². The first-order chi connectivity index (χ1) is 9.85. The van der Waals surface area contributed by atoms with Gasteiger partial charge in [-0.25, -0.2) is 9.97 Å².